The largest absolute Gasteiger partial charge is 0.352 e. The Hall–Kier alpha value is -2.44. The molecule has 1 aliphatic rings. The zero-order valence-corrected chi connectivity index (χ0v) is 15.1. The number of carbonyl (C=O) groups is 1. The lowest BCUT2D eigenvalue weighted by Crippen LogP contribution is -2.37. The van der Waals surface area contributed by atoms with Crippen molar-refractivity contribution < 1.29 is 4.79 Å². The molecule has 0 unspecified atom stereocenters. The van der Waals surface area contributed by atoms with E-state index < -0.39 is 0 Å². The molecule has 3 rings (SSSR count). The number of aromatic nitrogens is 4. The van der Waals surface area contributed by atoms with E-state index in [-0.39, 0.29) is 5.91 Å². The minimum absolute atomic E-state index is 0.155. The quantitative estimate of drug-likeness (QED) is 0.904. The van der Waals surface area contributed by atoms with Crippen molar-refractivity contribution in [3.63, 3.8) is 0 Å². The van der Waals surface area contributed by atoms with Gasteiger partial charge in [-0.1, -0.05) is 6.92 Å². The monoisotopic (exact) mass is 342 g/mol. The van der Waals surface area contributed by atoms with E-state index in [1.54, 1.807) is 6.92 Å². The number of piperidine rings is 1. The molecule has 0 saturated carbocycles. The summed E-state index contributed by atoms with van der Waals surface area (Å²) in [5, 5.41) is 7.95. The van der Waals surface area contributed by atoms with Crippen LogP contribution in [0.5, 0.6) is 0 Å². The number of hydrogen-bond donors (Lipinski definition) is 1. The number of hydrogen-bond acceptors (Lipinski definition) is 5. The van der Waals surface area contributed by atoms with Crippen molar-refractivity contribution in [2.75, 3.05) is 18.4 Å². The highest BCUT2D eigenvalue weighted by Crippen LogP contribution is 2.24. The summed E-state index contributed by atoms with van der Waals surface area (Å²) in [7, 11) is 0. The maximum absolute atomic E-state index is 11.4. The average molecular weight is 342 g/mol. The Labute approximate surface area is 148 Å². The van der Waals surface area contributed by atoms with Crippen molar-refractivity contribution >= 4 is 11.9 Å². The van der Waals surface area contributed by atoms with Gasteiger partial charge in [-0.2, -0.15) is 5.10 Å². The van der Waals surface area contributed by atoms with Crippen LogP contribution in [-0.2, 0) is 4.79 Å². The first-order valence-electron chi connectivity index (χ1n) is 8.96. The van der Waals surface area contributed by atoms with E-state index >= 15 is 0 Å². The first-order chi connectivity index (χ1) is 12.1. The Balaban J connectivity index is 1.64. The van der Waals surface area contributed by atoms with E-state index in [4.69, 9.17) is 5.10 Å². The van der Waals surface area contributed by atoms with Gasteiger partial charge in [0.25, 0.3) is 0 Å². The lowest BCUT2D eigenvalue weighted by Gasteiger charge is -2.31. The molecular formula is C18H26N6O. The normalized spacial score (nSPS) is 16.7. The second-order valence-corrected chi connectivity index (χ2v) is 6.67. The van der Waals surface area contributed by atoms with Crippen LogP contribution in [0.3, 0.4) is 0 Å². The van der Waals surface area contributed by atoms with Gasteiger partial charge in [0, 0.05) is 50.2 Å². The molecule has 1 saturated heterocycles. The Morgan fingerprint density at radius 1 is 1.32 bits per heavy atom. The van der Waals surface area contributed by atoms with Crippen LogP contribution in [0.1, 0.15) is 46.1 Å². The molecule has 1 aliphatic heterocycles. The van der Waals surface area contributed by atoms with Gasteiger partial charge in [0.1, 0.15) is 0 Å². The third kappa shape index (κ3) is 4.15. The summed E-state index contributed by atoms with van der Waals surface area (Å²) in [6.45, 7) is 7.46. The highest BCUT2D eigenvalue weighted by Gasteiger charge is 2.22. The molecule has 2 aromatic heterocycles. The van der Waals surface area contributed by atoms with Crippen LogP contribution in [0.15, 0.2) is 24.7 Å². The summed E-state index contributed by atoms with van der Waals surface area (Å²) < 4.78 is 2.01. The van der Waals surface area contributed by atoms with E-state index in [1.165, 1.54) is 0 Å². The number of nitrogens with zero attached hydrogens (tertiary/aromatic N) is 5. The molecule has 25 heavy (non-hydrogen) atoms. The highest BCUT2D eigenvalue weighted by atomic mass is 16.2. The number of carbonyl (C=O) groups excluding carboxylic acids is 1. The molecule has 7 nitrogen and oxygen atoms in total. The average Bonchev–Trinajstić information content (AvgIpc) is 3.12. The van der Waals surface area contributed by atoms with E-state index in [2.05, 4.69) is 29.1 Å². The molecular weight excluding hydrogens is 316 g/mol. The molecule has 134 valence electrons. The molecule has 0 aromatic carbocycles. The summed E-state index contributed by atoms with van der Waals surface area (Å²) >= 11 is 0. The summed E-state index contributed by atoms with van der Waals surface area (Å²) in [5.41, 5.74) is 1.79. The molecule has 0 bridgehead atoms. The summed E-state index contributed by atoms with van der Waals surface area (Å²) in [6, 6.07) is 2.69. The van der Waals surface area contributed by atoms with Gasteiger partial charge in [0.15, 0.2) is 0 Å². The van der Waals surface area contributed by atoms with Crippen molar-refractivity contribution in [3.8, 4) is 11.3 Å². The Morgan fingerprint density at radius 2 is 2.00 bits per heavy atom. The number of likely N-dealkylation sites (tertiary alicyclic amines) is 1. The number of amides is 1. The minimum atomic E-state index is 0.155. The smallest absolute Gasteiger partial charge is 0.222 e. The number of anilines is 1. The van der Waals surface area contributed by atoms with Gasteiger partial charge in [-0.15, -0.1) is 0 Å². The van der Waals surface area contributed by atoms with Crippen LogP contribution < -0.4 is 5.32 Å². The molecule has 0 radical (unpaired) electrons. The lowest BCUT2D eigenvalue weighted by atomic mass is 10.1. The molecule has 1 fully saturated rings. The van der Waals surface area contributed by atoms with Gasteiger partial charge in [0.05, 0.1) is 11.7 Å². The van der Waals surface area contributed by atoms with Crippen LogP contribution in [-0.4, -0.2) is 49.7 Å². The van der Waals surface area contributed by atoms with Crippen molar-refractivity contribution in [2.45, 2.75) is 52.1 Å². The van der Waals surface area contributed by atoms with E-state index in [0.717, 1.165) is 43.6 Å². The molecule has 0 spiro atoms. The van der Waals surface area contributed by atoms with Gasteiger partial charge in [-0.05, 0) is 32.3 Å². The highest BCUT2D eigenvalue weighted by molar-refractivity contribution is 5.73. The second-order valence-electron chi connectivity index (χ2n) is 6.67. The summed E-state index contributed by atoms with van der Waals surface area (Å²) in [5.74, 6) is 0.803. The van der Waals surface area contributed by atoms with E-state index in [0.29, 0.717) is 18.0 Å². The maximum atomic E-state index is 11.4. The fraction of sp³-hybridized carbons (Fsp3) is 0.556. The molecule has 1 N–H and O–H groups in total. The van der Waals surface area contributed by atoms with Crippen LogP contribution in [0.2, 0.25) is 0 Å². The third-order valence-corrected chi connectivity index (χ3v) is 4.83. The zero-order valence-electron chi connectivity index (χ0n) is 15.1. The summed E-state index contributed by atoms with van der Waals surface area (Å²) in [4.78, 5) is 22.1. The first-order valence-corrected chi connectivity index (χ1v) is 8.96. The van der Waals surface area contributed by atoms with Crippen LogP contribution >= 0.6 is 0 Å². The van der Waals surface area contributed by atoms with E-state index in [9.17, 15) is 4.79 Å². The van der Waals surface area contributed by atoms with Crippen molar-refractivity contribution in [2.24, 2.45) is 0 Å². The third-order valence-electron chi connectivity index (χ3n) is 4.83. The molecule has 3 heterocycles. The molecule has 1 atom stereocenters. The molecule has 0 aliphatic carbocycles. The number of nitrogens with one attached hydrogen (secondary N) is 1. The van der Waals surface area contributed by atoms with Gasteiger partial charge in [0.2, 0.25) is 11.9 Å². The molecule has 7 heteroatoms. The van der Waals surface area contributed by atoms with Crippen molar-refractivity contribution in [3.05, 3.63) is 24.7 Å². The maximum Gasteiger partial charge on any atom is 0.222 e. The first kappa shape index (κ1) is 17.4. The predicted octanol–water partition coefficient (Wildman–Crippen LogP) is 2.73. The molecule has 1 amide bonds. The van der Waals surface area contributed by atoms with Gasteiger partial charge < -0.3 is 10.2 Å². The number of rotatable bonds is 5. The molecule has 2 aromatic rings. The standard InChI is InChI=1S/C18H26N6O/c1-4-13(2)21-18-19-11-15(12-20-18)17-7-10-24(22-17)16-5-8-23(9-6-16)14(3)25/h7,10-13,16H,4-6,8-9H2,1-3H3,(H,19,20,21)/t13-/m0/s1. The van der Waals surface area contributed by atoms with Crippen LogP contribution in [0.4, 0.5) is 5.95 Å². The lowest BCUT2D eigenvalue weighted by molar-refractivity contribution is -0.130. The zero-order chi connectivity index (χ0) is 17.8. The van der Waals surface area contributed by atoms with E-state index in [1.807, 2.05) is 34.2 Å². The predicted molar refractivity (Wildman–Crippen MR) is 97.2 cm³/mol. The van der Waals surface area contributed by atoms with Crippen molar-refractivity contribution in [1.82, 2.24) is 24.6 Å². The second kappa shape index (κ2) is 7.63. The topological polar surface area (TPSA) is 75.9 Å². The fourth-order valence-electron chi connectivity index (χ4n) is 3.00. The van der Waals surface area contributed by atoms with Gasteiger partial charge in [-0.3, -0.25) is 9.48 Å². The Morgan fingerprint density at radius 3 is 2.60 bits per heavy atom. The minimum Gasteiger partial charge on any atom is -0.352 e. The van der Waals surface area contributed by atoms with Crippen LogP contribution in [0.25, 0.3) is 11.3 Å². The van der Waals surface area contributed by atoms with Crippen LogP contribution in [0, 0.1) is 0 Å². The Bertz CT molecular complexity index is 703. The van der Waals surface area contributed by atoms with Crippen molar-refractivity contribution in [1.29, 1.82) is 0 Å². The SMILES string of the molecule is CC[C@H](C)Nc1ncc(-c2ccn(C3CCN(C(C)=O)CC3)n2)cn1. The summed E-state index contributed by atoms with van der Waals surface area (Å²) in [6.07, 6.45) is 8.53. The Kier molecular flexibility index (Phi) is 5.31. The van der Waals surface area contributed by atoms with Gasteiger partial charge in [-0.25, -0.2) is 9.97 Å². The fourth-order valence-corrected chi connectivity index (χ4v) is 3.00. The van der Waals surface area contributed by atoms with Gasteiger partial charge >= 0.3 is 0 Å².